The molecule has 0 bridgehead atoms. The van der Waals surface area contributed by atoms with Crippen molar-refractivity contribution in [3.05, 3.63) is 29.8 Å². The number of carbonyl (C=O) groups is 2. The fourth-order valence-corrected chi connectivity index (χ4v) is 1.43. The molecule has 0 saturated heterocycles. The fourth-order valence-electron chi connectivity index (χ4n) is 1.43. The van der Waals surface area contributed by atoms with E-state index in [4.69, 9.17) is 4.74 Å². The highest BCUT2D eigenvalue weighted by Gasteiger charge is 2.17. The molecule has 2 amide bonds. The van der Waals surface area contributed by atoms with E-state index in [-0.39, 0.29) is 5.91 Å². The topological polar surface area (TPSA) is 67.4 Å². The Bertz CT molecular complexity index is 464. The minimum atomic E-state index is -0.545. The fraction of sp³-hybridized carbons (Fsp3) is 0.429. The molecule has 0 fully saturated rings. The van der Waals surface area contributed by atoms with Crippen molar-refractivity contribution in [2.75, 3.05) is 5.32 Å². The van der Waals surface area contributed by atoms with E-state index in [0.29, 0.717) is 12.2 Å². The second-order valence-electron chi connectivity index (χ2n) is 5.19. The largest absolute Gasteiger partial charge is 0.444 e. The van der Waals surface area contributed by atoms with Gasteiger partial charge >= 0.3 is 6.09 Å². The predicted molar refractivity (Wildman–Crippen MR) is 73.8 cm³/mol. The van der Waals surface area contributed by atoms with Crippen LogP contribution >= 0.6 is 0 Å². The van der Waals surface area contributed by atoms with Gasteiger partial charge < -0.3 is 10.1 Å². The van der Waals surface area contributed by atoms with E-state index in [1.807, 2.05) is 18.2 Å². The minimum Gasteiger partial charge on any atom is -0.444 e. The molecule has 5 heteroatoms. The van der Waals surface area contributed by atoms with Crippen molar-refractivity contribution in [2.24, 2.45) is 0 Å². The van der Waals surface area contributed by atoms with Gasteiger partial charge in [-0.15, -0.1) is 0 Å². The van der Waals surface area contributed by atoms with Crippen LogP contribution in [0.4, 0.5) is 10.5 Å². The molecule has 0 aromatic heterocycles. The first-order valence-electron chi connectivity index (χ1n) is 6.10. The summed E-state index contributed by atoms with van der Waals surface area (Å²) in [5.41, 5.74) is 0.908. The average Bonchev–Trinajstić information content (AvgIpc) is 2.25. The van der Waals surface area contributed by atoms with Crippen molar-refractivity contribution in [2.45, 2.75) is 39.8 Å². The van der Waals surface area contributed by atoms with Crippen LogP contribution in [-0.2, 0) is 16.1 Å². The summed E-state index contributed by atoms with van der Waals surface area (Å²) >= 11 is 0. The zero-order valence-corrected chi connectivity index (χ0v) is 11.7. The number of anilines is 1. The Morgan fingerprint density at radius 1 is 1.21 bits per heavy atom. The molecule has 0 unspecified atom stereocenters. The molecule has 0 aliphatic rings. The average molecular weight is 264 g/mol. The lowest BCUT2D eigenvalue weighted by molar-refractivity contribution is -0.119. The summed E-state index contributed by atoms with van der Waals surface area (Å²) in [7, 11) is 0. The minimum absolute atomic E-state index is 0.118. The van der Waals surface area contributed by atoms with Gasteiger partial charge in [-0.05, 0) is 32.4 Å². The summed E-state index contributed by atoms with van der Waals surface area (Å²) in [4.78, 5) is 22.6. The van der Waals surface area contributed by atoms with Crippen LogP contribution in [0.3, 0.4) is 0 Å². The zero-order chi connectivity index (χ0) is 14.5. The van der Waals surface area contributed by atoms with Crippen molar-refractivity contribution in [1.29, 1.82) is 0 Å². The Balaban J connectivity index is 2.72. The summed E-state index contributed by atoms with van der Waals surface area (Å²) in [6.07, 6.45) is -0.511. The third kappa shape index (κ3) is 5.90. The second kappa shape index (κ2) is 6.22. The van der Waals surface area contributed by atoms with Crippen LogP contribution in [0.2, 0.25) is 0 Å². The lowest BCUT2D eigenvalue weighted by Crippen LogP contribution is -2.28. The predicted octanol–water partition coefficient (Wildman–Crippen LogP) is 2.67. The third-order valence-corrected chi connectivity index (χ3v) is 2.18. The molecule has 0 saturated carbocycles. The summed E-state index contributed by atoms with van der Waals surface area (Å²) in [5.74, 6) is -0.118. The molecule has 104 valence electrons. The van der Waals surface area contributed by atoms with Crippen LogP contribution in [0.5, 0.6) is 0 Å². The Kier molecular flexibility index (Phi) is 4.92. The lowest BCUT2D eigenvalue weighted by Gasteiger charge is -2.20. The first-order valence-corrected chi connectivity index (χ1v) is 6.10. The standard InChI is InChI=1S/C14H20N2O3/c1-10(17)15-9-11-7-5-6-8-12(11)16-13(18)19-14(2,3)4/h5-8H,9H2,1-4H3,(H,15,17)(H,16,18). The van der Waals surface area contributed by atoms with Gasteiger partial charge in [0.1, 0.15) is 5.60 Å². The van der Waals surface area contributed by atoms with E-state index in [1.54, 1.807) is 26.8 Å². The number of hydrogen-bond acceptors (Lipinski definition) is 3. The van der Waals surface area contributed by atoms with E-state index in [9.17, 15) is 9.59 Å². The molecular weight excluding hydrogens is 244 g/mol. The van der Waals surface area contributed by atoms with Crippen LogP contribution in [0.25, 0.3) is 0 Å². The second-order valence-corrected chi connectivity index (χ2v) is 5.19. The van der Waals surface area contributed by atoms with E-state index in [1.165, 1.54) is 6.92 Å². The van der Waals surface area contributed by atoms with Gasteiger partial charge in [0.05, 0.1) is 0 Å². The van der Waals surface area contributed by atoms with Crippen molar-refractivity contribution in [1.82, 2.24) is 5.32 Å². The highest BCUT2D eigenvalue weighted by molar-refractivity contribution is 5.86. The van der Waals surface area contributed by atoms with Crippen molar-refractivity contribution in [3.8, 4) is 0 Å². The highest BCUT2D eigenvalue weighted by Crippen LogP contribution is 2.16. The molecule has 5 nitrogen and oxygen atoms in total. The number of amides is 2. The Morgan fingerprint density at radius 2 is 1.84 bits per heavy atom. The van der Waals surface area contributed by atoms with Crippen LogP contribution in [0.15, 0.2) is 24.3 Å². The normalized spacial score (nSPS) is 10.7. The van der Waals surface area contributed by atoms with Crippen LogP contribution < -0.4 is 10.6 Å². The van der Waals surface area contributed by atoms with Crippen LogP contribution in [0, 0.1) is 0 Å². The van der Waals surface area contributed by atoms with Gasteiger partial charge in [0, 0.05) is 19.2 Å². The maximum atomic E-state index is 11.7. The number of nitrogens with one attached hydrogen (secondary N) is 2. The van der Waals surface area contributed by atoms with Crippen molar-refractivity contribution in [3.63, 3.8) is 0 Å². The van der Waals surface area contributed by atoms with E-state index < -0.39 is 11.7 Å². The number of ether oxygens (including phenoxy) is 1. The van der Waals surface area contributed by atoms with Gasteiger partial charge in [-0.25, -0.2) is 4.79 Å². The van der Waals surface area contributed by atoms with Gasteiger partial charge in [0.2, 0.25) is 5.91 Å². The highest BCUT2D eigenvalue weighted by atomic mass is 16.6. The Labute approximate surface area is 113 Å². The van der Waals surface area contributed by atoms with Gasteiger partial charge in [-0.2, -0.15) is 0 Å². The molecule has 0 heterocycles. The molecule has 1 aromatic carbocycles. The van der Waals surface area contributed by atoms with Gasteiger partial charge in [-0.3, -0.25) is 10.1 Å². The number of carbonyl (C=O) groups excluding carboxylic acids is 2. The smallest absolute Gasteiger partial charge is 0.412 e. The molecule has 0 aliphatic carbocycles. The molecule has 0 spiro atoms. The quantitative estimate of drug-likeness (QED) is 0.882. The number of rotatable bonds is 3. The maximum Gasteiger partial charge on any atom is 0.412 e. The van der Waals surface area contributed by atoms with Crippen LogP contribution in [0.1, 0.15) is 33.3 Å². The first kappa shape index (κ1) is 15.0. The molecule has 0 atom stereocenters. The van der Waals surface area contributed by atoms with E-state index in [0.717, 1.165) is 5.56 Å². The summed E-state index contributed by atoms with van der Waals surface area (Å²) in [6.45, 7) is 7.21. The van der Waals surface area contributed by atoms with E-state index >= 15 is 0 Å². The Hall–Kier alpha value is -2.04. The summed E-state index contributed by atoms with van der Waals surface area (Å²) < 4.78 is 5.18. The summed E-state index contributed by atoms with van der Waals surface area (Å²) in [6, 6.07) is 7.26. The monoisotopic (exact) mass is 264 g/mol. The summed E-state index contributed by atoms with van der Waals surface area (Å²) in [5, 5.41) is 5.37. The van der Waals surface area contributed by atoms with Gasteiger partial charge in [-0.1, -0.05) is 18.2 Å². The molecule has 19 heavy (non-hydrogen) atoms. The molecule has 0 radical (unpaired) electrons. The van der Waals surface area contributed by atoms with Gasteiger partial charge in [0.25, 0.3) is 0 Å². The SMILES string of the molecule is CC(=O)NCc1ccccc1NC(=O)OC(C)(C)C. The molecule has 1 rings (SSSR count). The van der Waals surface area contributed by atoms with E-state index in [2.05, 4.69) is 10.6 Å². The number of benzene rings is 1. The third-order valence-electron chi connectivity index (χ3n) is 2.18. The van der Waals surface area contributed by atoms with Crippen molar-refractivity contribution >= 4 is 17.7 Å². The molecule has 0 aliphatic heterocycles. The number of para-hydroxylation sites is 1. The number of hydrogen-bond donors (Lipinski definition) is 2. The van der Waals surface area contributed by atoms with Crippen molar-refractivity contribution < 1.29 is 14.3 Å². The zero-order valence-electron chi connectivity index (χ0n) is 11.7. The lowest BCUT2D eigenvalue weighted by atomic mass is 10.1. The van der Waals surface area contributed by atoms with Crippen LogP contribution in [-0.4, -0.2) is 17.6 Å². The Morgan fingerprint density at radius 3 is 2.42 bits per heavy atom. The molecule has 1 aromatic rings. The maximum absolute atomic E-state index is 11.7. The molecule has 2 N–H and O–H groups in total. The van der Waals surface area contributed by atoms with Gasteiger partial charge in [0.15, 0.2) is 0 Å². The molecular formula is C14H20N2O3. The first-order chi connectivity index (χ1) is 8.78.